The van der Waals surface area contributed by atoms with Gasteiger partial charge in [-0.05, 0) is 32.9 Å². The van der Waals surface area contributed by atoms with E-state index in [2.05, 4.69) is 5.10 Å². The van der Waals surface area contributed by atoms with Crippen LogP contribution in [-0.4, -0.2) is 35.1 Å². The van der Waals surface area contributed by atoms with E-state index in [4.69, 9.17) is 9.47 Å². The molecule has 0 radical (unpaired) electrons. The minimum absolute atomic E-state index is 0.00566. The van der Waals surface area contributed by atoms with E-state index < -0.39 is 22.9 Å². The topological polar surface area (TPSA) is 70.4 Å². The summed E-state index contributed by atoms with van der Waals surface area (Å²) in [6.45, 7) is 5.54. The van der Waals surface area contributed by atoms with Gasteiger partial charge in [0.1, 0.15) is 18.1 Å². The summed E-state index contributed by atoms with van der Waals surface area (Å²) in [5.41, 5.74) is -0.416. The molecule has 7 heteroatoms. The summed E-state index contributed by atoms with van der Waals surface area (Å²) in [7, 11) is 0. The molecular weight excluding hydrogens is 315 g/mol. The molecule has 2 rings (SSSR count). The van der Waals surface area contributed by atoms with Gasteiger partial charge in [0.15, 0.2) is 0 Å². The molecular formula is C17H19FN2O4. The number of ether oxygens (including phenoxy) is 2. The fraction of sp³-hybridized carbons (Fsp3) is 0.353. The van der Waals surface area contributed by atoms with Crippen molar-refractivity contribution >= 4 is 5.97 Å². The average Bonchev–Trinajstić information content (AvgIpc) is 2.52. The van der Waals surface area contributed by atoms with Crippen LogP contribution in [0.1, 0.15) is 30.0 Å². The van der Waals surface area contributed by atoms with Gasteiger partial charge in [-0.25, -0.2) is 13.9 Å². The Morgan fingerprint density at radius 3 is 2.67 bits per heavy atom. The number of hydrogen-bond donors (Lipinski definition) is 0. The highest BCUT2D eigenvalue weighted by Crippen LogP contribution is 2.13. The van der Waals surface area contributed by atoms with Crippen LogP contribution >= 0.6 is 0 Å². The van der Waals surface area contributed by atoms with E-state index in [0.29, 0.717) is 5.69 Å². The summed E-state index contributed by atoms with van der Waals surface area (Å²) in [6.07, 6.45) is 0.0134. The van der Waals surface area contributed by atoms with E-state index in [-0.39, 0.29) is 25.0 Å². The molecule has 0 saturated carbocycles. The van der Waals surface area contributed by atoms with Gasteiger partial charge in [-0.1, -0.05) is 12.1 Å². The molecule has 1 heterocycles. The summed E-state index contributed by atoms with van der Waals surface area (Å²) in [5.74, 6) is -1.38. The molecule has 0 aliphatic heterocycles. The highest BCUT2D eigenvalue weighted by Gasteiger charge is 2.17. The van der Waals surface area contributed by atoms with Gasteiger partial charge in [-0.3, -0.25) is 4.79 Å². The first-order chi connectivity index (χ1) is 11.4. The first-order valence-corrected chi connectivity index (χ1v) is 7.54. The lowest BCUT2D eigenvalue weighted by Crippen LogP contribution is -2.25. The molecule has 2 aromatic rings. The van der Waals surface area contributed by atoms with Crippen molar-refractivity contribution in [1.29, 1.82) is 0 Å². The zero-order valence-corrected chi connectivity index (χ0v) is 13.8. The van der Waals surface area contributed by atoms with E-state index >= 15 is 0 Å². The van der Waals surface area contributed by atoms with E-state index in [9.17, 15) is 14.0 Å². The fourth-order valence-electron chi connectivity index (χ4n) is 2.04. The van der Waals surface area contributed by atoms with Gasteiger partial charge >= 0.3 is 5.97 Å². The number of benzene rings is 1. The Bertz CT molecular complexity index is 786. The first kappa shape index (κ1) is 17.8. The number of para-hydroxylation sites is 1. The van der Waals surface area contributed by atoms with Crippen LogP contribution in [0.4, 0.5) is 4.39 Å². The molecule has 0 amide bonds. The van der Waals surface area contributed by atoms with Crippen molar-refractivity contribution in [3.05, 3.63) is 57.8 Å². The third-order valence-corrected chi connectivity index (χ3v) is 3.15. The second-order valence-electron chi connectivity index (χ2n) is 5.42. The Morgan fingerprint density at radius 1 is 1.29 bits per heavy atom. The van der Waals surface area contributed by atoms with Crippen molar-refractivity contribution in [3.8, 4) is 5.69 Å². The van der Waals surface area contributed by atoms with Crippen molar-refractivity contribution in [2.45, 2.75) is 26.9 Å². The number of nitrogens with zero attached hydrogens (tertiary/aromatic N) is 2. The molecule has 0 unspecified atom stereocenters. The molecule has 0 aliphatic rings. The summed E-state index contributed by atoms with van der Waals surface area (Å²) in [5, 5.41) is 3.97. The van der Waals surface area contributed by atoms with Crippen LogP contribution in [0.15, 0.2) is 35.1 Å². The number of carbonyl (C=O) groups excluding carboxylic acids is 1. The van der Waals surface area contributed by atoms with Gasteiger partial charge in [0.05, 0.1) is 12.7 Å². The molecule has 0 aliphatic carbocycles. The zero-order valence-electron chi connectivity index (χ0n) is 13.8. The molecule has 0 fully saturated rings. The molecule has 0 bridgehead atoms. The summed E-state index contributed by atoms with van der Waals surface area (Å²) in [4.78, 5) is 24.0. The average molecular weight is 334 g/mol. The molecule has 1 aromatic heterocycles. The molecule has 0 atom stereocenters. The van der Waals surface area contributed by atoms with Crippen molar-refractivity contribution in [2.24, 2.45) is 0 Å². The minimum atomic E-state index is -0.863. The molecule has 128 valence electrons. The number of aryl methyl sites for hydroxylation is 1. The summed E-state index contributed by atoms with van der Waals surface area (Å²) >= 11 is 0. The Morgan fingerprint density at radius 2 is 2.00 bits per heavy atom. The summed E-state index contributed by atoms with van der Waals surface area (Å²) < 4.78 is 25.4. The lowest BCUT2D eigenvalue weighted by atomic mass is 10.2. The van der Waals surface area contributed by atoms with Gasteiger partial charge in [-0.15, -0.1) is 0 Å². The second-order valence-corrected chi connectivity index (χ2v) is 5.42. The van der Waals surface area contributed by atoms with Crippen LogP contribution in [0.5, 0.6) is 0 Å². The lowest BCUT2D eigenvalue weighted by molar-refractivity contribution is 0.0170. The summed E-state index contributed by atoms with van der Waals surface area (Å²) in [6, 6.07) is 7.18. The van der Waals surface area contributed by atoms with Crippen LogP contribution in [-0.2, 0) is 9.47 Å². The van der Waals surface area contributed by atoms with E-state index in [1.165, 1.54) is 22.9 Å². The Hall–Kier alpha value is -2.54. The molecule has 6 nitrogen and oxygen atoms in total. The fourth-order valence-corrected chi connectivity index (χ4v) is 2.04. The monoisotopic (exact) mass is 334 g/mol. The molecule has 0 saturated heterocycles. The van der Waals surface area contributed by atoms with Gasteiger partial charge in [0, 0.05) is 11.8 Å². The molecule has 24 heavy (non-hydrogen) atoms. The Balaban J connectivity index is 2.25. The van der Waals surface area contributed by atoms with Crippen molar-refractivity contribution < 1.29 is 18.7 Å². The van der Waals surface area contributed by atoms with Crippen molar-refractivity contribution in [1.82, 2.24) is 9.78 Å². The van der Waals surface area contributed by atoms with E-state index in [1.807, 2.05) is 13.8 Å². The van der Waals surface area contributed by atoms with Crippen LogP contribution in [0.2, 0.25) is 0 Å². The predicted molar refractivity (Wildman–Crippen MR) is 85.9 cm³/mol. The quantitative estimate of drug-likeness (QED) is 0.599. The number of hydrogen-bond acceptors (Lipinski definition) is 5. The number of rotatable bonds is 6. The van der Waals surface area contributed by atoms with E-state index in [0.717, 1.165) is 0 Å². The van der Waals surface area contributed by atoms with Crippen molar-refractivity contribution in [2.75, 3.05) is 13.2 Å². The van der Waals surface area contributed by atoms with Crippen LogP contribution in [0, 0.1) is 12.7 Å². The largest absolute Gasteiger partial charge is 0.458 e. The minimum Gasteiger partial charge on any atom is -0.458 e. The normalized spacial score (nSPS) is 10.9. The number of esters is 1. The standard InChI is InChI=1S/C17H19FN2O4/c1-11(2)23-8-9-24-17(22)16-15(21)10-12(3)20(19-16)14-7-5-4-6-13(14)18/h4-7,10-11H,8-9H2,1-3H3. The third-order valence-electron chi connectivity index (χ3n) is 3.15. The van der Waals surface area contributed by atoms with Crippen molar-refractivity contribution in [3.63, 3.8) is 0 Å². The van der Waals surface area contributed by atoms with Gasteiger partial charge < -0.3 is 9.47 Å². The van der Waals surface area contributed by atoms with Crippen LogP contribution < -0.4 is 5.43 Å². The first-order valence-electron chi connectivity index (χ1n) is 7.54. The maximum atomic E-state index is 13.9. The molecule has 0 N–H and O–H groups in total. The Labute approximate surface area is 138 Å². The molecule has 0 spiro atoms. The van der Waals surface area contributed by atoms with Gasteiger partial charge in [-0.2, -0.15) is 5.10 Å². The Kier molecular flexibility index (Phi) is 5.81. The lowest BCUT2D eigenvalue weighted by Gasteiger charge is -2.12. The number of carbonyl (C=O) groups is 1. The second kappa shape index (κ2) is 7.83. The zero-order chi connectivity index (χ0) is 17.7. The SMILES string of the molecule is Cc1cc(=O)c(C(=O)OCCOC(C)C)nn1-c1ccccc1F. The van der Waals surface area contributed by atoms with Gasteiger partial charge in [0.25, 0.3) is 0 Å². The van der Waals surface area contributed by atoms with Gasteiger partial charge in [0.2, 0.25) is 11.1 Å². The number of halogens is 1. The number of aromatic nitrogens is 2. The van der Waals surface area contributed by atoms with Crippen LogP contribution in [0.3, 0.4) is 0 Å². The third kappa shape index (κ3) is 4.26. The predicted octanol–water partition coefficient (Wildman–Crippen LogP) is 2.26. The molecule has 1 aromatic carbocycles. The highest BCUT2D eigenvalue weighted by molar-refractivity contribution is 5.86. The van der Waals surface area contributed by atoms with Crippen LogP contribution in [0.25, 0.3) is 5.69 Å². The van der Waals surface area contributed by atoms with E-state index in [1.54, 1.807) is 19.1 Å². The maximum Gasteiger partial charge on any atom is 0.363 e. The smallest absolute Gasteiger partial charge is 0.363 e. The maximum absolute atomic E-state index is 13.9. The highest BCUT2D eigenvalue weighted by atomic mass is 19.1.